The number of aromatic nitrogens is 1. The molecule has 6 heteroatoms. The first-order valence-corrected chi connectivity index (χ1v) is 9.35. The number of thiocarbonyl (C=S) groups is 1. The van der Waals surface area contributed by atoms with Crippen LogP contribution in [-0.4, -0.2) is 16.2 Å². The van der Waals surface area contributed by atoms with Crippen LogP contribution in [0.3, 0.4) is 0 Å². The molecule has 1 aromatic carbocycles. The minimum atomic E-state index is -0.126. The second-order valence-corrected chi connectivity index (χ2v) is 7.06. The fraction of sp³-hybridized carbons (Fsp3) is 0.238. The molecule has 5 nitrogen and oxygen atoms in total. The zero-order valence-electron chi connectivity index (χ0n) is 15.2. The lowest BCUT2D eigenvalue weighted by Gasteiger charge is -2.26. The van der Waals surface area contributed by atoms with Crippen molar-refractivity contribution in [2.45, 2.75) is 32.0 Å². The lowest BCUT2D eigenvalue weighted by Crippen LogP contribution is -2.29. The van der Waals surface area contributed by atoms with E-state index in [0.717, 1.165) is 22.9 Å². The molecule has 0 bridgehead atoms. The molecular formula is C21H21N3O2S. The largest absolute Gasteiger partial charge is 0.491 e. The van der Waals surface area contributed by atoms with Gasteiger partial charge < -0.3 is 19.4 Å². The van der Waals surface area contributed by atoms with E-state index < -0.39 is 0 Å². The molecule has 1 aliphatic heterocycles. The quantitative estimate of drug-likeness (QED) is 0.652. The van der Waals surface area contributed by atoms with E-state index in [4.69, 9.17) is 21.4 Å². The van der Waals surface area contributed by atoms with Gasteiger partial charge in [-0.15, -0.1) is 0 Å². The van der Waals surface area contributed by atoms with Gasteiger partial charge in [0.05, 0.1) is 24.1 Å². The molecule has 1 fully saturated rings. The summed E-state index contributed by atoms with van der Waals surface area (Å²) >= 11 is 5.67. The lowest BCUT2D eigenvalue weighted by molar-refractivity contribution is 0.242. The van der Waals surface area contributed by atoms with E-state index >= 15 is 0 Å². The number of hydrogen-bond donors (Lipinski definition) is 1. The fourth-order valence-electron chi connectivity index (χ4n) is 3.34. The van der Waals surface area contributed by atoms with Crippen LogP contribution >= 0.6 is 12.2 Å². The van der Waals surface area contributed by atoms with Gasteiger partial charge in [0.1, 0.15) is 17.6 Å². The van der Waals surface area contributed by atoms with Crippen molar-refractivity contribution >= 4 is 23.0 Å². The number of hydrogen-bond acceptors (Lipinski definition) is 4. The Morgan fingerprint density at radius 1 is 1.11 bits per heavy atom. The molecule has 27 heavy (non-hydrogen) atoms. The van der Waals surface area contributed by atoms with Crippen LogP contribution in [0.4, 0.5) is 5.69 Å². The van der Waals surface area contributed by atoms with E-state index in [9.17, 15) is 0 Å². The van der Waals surface area contributed by atoms with Crippen LogP contribution < -0.4 is 15.0 Å². The predicted molar refractivity (Wildman–Crippen MR) is 109 cm³/mol. The first kappa shape index (κ1) is 17.5. The van der Waals surface area contributed by atoms with Crippen molar-refractivity contribution in [2.75, 3.05) is 4.90 Å². The Morgan fingerprint density at radius 3 is 2.56 bits per heavy atom. The summed E-state index contributed by atoms with van der Waals surface area (Å²) < 4.78 is 11.5. The number of anilines is 1. The number of nitrogens with zero attached hydrogens (tertiary/aromatic N) is 2. The molecular weight excluding hydrogens is 358 g/mol. The molecule has 4 rings (SSSR count). The first-order valence-electron chi connectivity index (χ1n) is 8.94. The standard InChI is InChI=1S/C21H21N3O2S/c1-14(2)26-16-10-8-15(9-11-16)24-20(18-7-5-13-25-18)19(23-21(24)27)17-6-3-4-12-22-17/h3-14,19-20H,1-2H3,(H,23,27)/t19-,20-/m0/s1. The number of nitrogens with one attached hydrogen (secondary N) is 1. The summed E-state index contributed by atoms with van der Waals surface area (Å²) in [7, 11) is 0. The van der Waals surface area contributed by atoms with Crippen molar-refractivity contribution in [1.82, 2.24) is 10.3 Å². The van der Waals surface area contributed by atoms with E-state index in [1.807, 2.05) is 68.4 Å². The van der Waals surface area contributed by atoms with E-state index in [-0.39, 0.29) is 18.2 Å². The van der Waals surface area contributed by atoms with Gasteiger partial charge in [-0.1, -0.05) is 6.07 Å². The van der Waals surface area contributed by atoms with Gasteiger partial charge in [-0.3, -0.25) is 4.98 Å². The molecule has 2 atom stereocenters. The Bertz CT molecular complexity index is 895. The Morgan fingerprint density at radius 2 is 1.93 bits per heavy atom. The zero-order chi connectivity index (χ0) is 18.8. The van der Waals surface area contributed by atoms with Crippen molar-refractivity contribution in [1.29, 1.82) is 0 Å². The third-order valence-corrected chi connectivity index (χ3v) is 4.73. The second-order valence-electron chi connectivity index (χ2n) is 6.67. The number of ether oxygens (including phenoxy) is 1. The maximum absolute atomic E-state index is 5.75. The Hall–Kier alpha value is -2.86. The Labute approximate surface area is 164 Å². The van der Waals surface area contributed by atoms with E-state index in [2.05, 4.69) is 15.2 Å². The van der Waals surface area contributed by atoms with Crippen LogP contribution in [0.15, 0.2) is 71.5 Å². The maximum Gasteiger partial charge on any atom is 0.174 e. The topological polar surface area (TPSA) is 50.5 Å². The van der Waals surface area contributed by atoms with E-state index in [1.165, 1.54) is 0 Å². The fourth-order valence-corrected chi connectivity index (χ4v) is 3.68. The van der Waals surface area contributed by atoms with Crippen molar-refractivity contribution in [3.05, 3.63) is 78.5 Å². The number of pyridine rings is 1. The van der Waals surface area contributed by atoms with Crippen LogP contribution in [0.5, 0.6) is 5.75 Å². The van der Waals surface area contributed by atoms with Gasteiger partial charge in [0.2, 0.25) is 0 Å². The SMILES string of the molecule is CC(C)Oc1ccc(N2C(=S)N[C@@H](c3ccccn3)[C@@H]2c2ccco2)cc1. The Balaban J connectivity index is 1.71. The molecule has 0 spiro atoms. The molecule has 138 valence electrons. The lowest BCUT2D eigenvalue weighted by atomic mass is 10.0. The molecule has 0 aliphatic carbocycles. The van der Waals surface area contributed by atoms with Crippen molar-refractivity contribution < 1.29 is 9.15 Å². The Kier molecular flexibility index (Phi) is 4.81. The van der Waals surface area contributed by atoms with Gasteiger partial charge in [-0.05, 0) is 74.6 Å². The number of furan rings is 1. The minimum absolute atomic E-state index is 0.101. The van der Waals surface area contributed by atoms with Crippen LogP contribution in [-0.2, 0) is 0 Å². The van der Waals surface area contributed by atoms with Crippen LogP contribution in [0.25, 0.3) is 0 Å². The highest BCUT2D eigenvalue weighted by molar-refractivity contribution is 7.80. The summed E-state index contributed by atoms with van der Waals surface area (Å²) in [5.41, 5.74) is 1.90. The minimum Gasteiger partial charge on any atom is -0.491 e. The van der Waals surface area contributed by atoms with Gasteiger partial charge >= 0.3 is 0 Å². The highest BCUT2D eigenvalue weighted by Crippen LogP contribution is 2.41. The molecule has 3 aromatic rings. The molecule has 1 aliphatic rings. The number of benzene rings is 1. The average molecular weight is 379 g/mol. The summed E-state index contributed by atoms with van der Waals surface area (Å²) in [6, 6.07) is 17.5. The van der Waals surface area contributed by atoms with Gasteiger partial charge in [0.15, 0.2) is 5.11 Å². The second kappa shape index (κ2) is 7.40. The highest BCUT2D eigenvalue weighted by atomic mass is 32.1. The van der Waals surface area contributed by atoms with Gasteiger partial charge in [0, 0.05) is 11.9 Å². The summed E-state index contributed by atoms with van der Waals surface area (Å²) in [4.78, 5) is 6.60. The molecule has 0 radical (unpaired) electrons. The molecule has 0 unspecified atom stereocenters. The third kappa shape index (κ3) is 3.53. The summed E-state index contributed by atoms with van der Waals surface area (Å²) in [5.74, 6) is 1.67. The zero-order valence-corrected chi connectivity index (χ0v) is 16.0. The van der Waals surface area contributed by atoms with Crippen molar-refractivity contribution in [3.8, 4) is 5.75 Å². The van der Waals surface area contributed by atoms with Gasteiger partial charge in [-0.2, -0.15) is 0 Å². The van der Waals surface area contributed by atoms with E-state index in [1.54, 1.807) is 12.5 Å². The highest BCUT2D eigenvalue weighted by Gasteiger charge is 2.42. The van der Waals surface area contributed by atoms with Crippen molar-refractivity contribution in [2.24, 2.45) is 0 Å². The van der Waals surface area contributed by atoms with Crippen LogP contribution in [0.2, 0.25) is 0 Å². The van der Waals surface area contributed by atoms with E-state index in [0.29, 0.717) is 5.11 Å². The smallest absolute Gasteiger partial charge is 0.174 e. The molecule has 3 heterocycles. The van der Waals surface area contributed by atoms with Crippen LogP contribution in [0, 0.1) is 0 Å². The maximum atomic E-state index is 5.75. The first-order chi connectivity index (χ1) is 13.1. The molecule has 2 aromatic heterocycles. The third-order valence-electron chi connectivity index (χ3n) is 4.42. The molecule has 1 N–H and O–H groups in total. The number of rotatable bonds is 5. The van der Waals surface area contributed by atoms with Gasteiger partial charge in [-0.25, -0.2) is 0 Å². The average Bonchev–Trinajstić information content (AvgIpc) is 3.30. The normalized spacial score (nSPS) is 19.4. The molecule has 1 saturated heterocycles. The predicted octanol–water partition coefficient (Wildman–Crippen LogP) is 4.64. The summed E-state index contributed by atoms with van der Waals surface area (Å²) in [5, 5.41) is 4.05. The molecule has 0 saturated carbocycles. The van der Waals surface area contributed by atoms with Gasteiger partial charge in [0.25, 0.3) is 0 Å². The monoisotopic (exact) mass is 379 g/mol. The summed E-state index contributed by atoms with van der Waals surface area (Å²) in [6.45, 7) is 4.02. The van der Waals surface area contributed by atoms with Crippen molar-refractivity contribution in [3.63, 3.8) is 0 Å². The molecule has 0 amide bonds. The summed E-state index contributed by atoms with van der Waals surface area (Å²) in [6.07, 6.45) is 3.61. The van der Waals surface area contributed by atoms with Crippen LogP contribution in [0.1, 0.15) is 37.4 Å².